The van der Waals surface area contributed by atoms with Gasteiger partial charge in [-0.05, 0) is 47.8 Å². The molecule has 0 atom stereocenters. The van der Waals surface area contributed by atoms with E-state index in [0.717, 1.165) is 16.3 Å². The van der Waals surface area contributed by atoms with Crippen LogP contribution in [0.2, 0.25) is 0 Å². The topological polar surface area (TPSA) is 62.7 Å². The first kappa shape index (κ1) is 17.5. The van der Waals surface area contributed by atoms with Gasteiger partial charge < -0.3 is 5.32 Å². The number of hydrogen-bond acceptors (Lipinski definition) is 4. The number of rotatable bonds is 7. The van der Waals surface area contributed by atoms with Gasteiger partial charge in [-0.2, -0.15) is 5.10 Å². The Kier molecular flexibility index (Phi) is 5.72. The quantitative estimate of drug-likeness (QED) is 0.620. The van der Waals surface area contributed by atoms with E-state index in [0.29, 0.717) is 30.7 Å². The standard InChI is InChI=1S/C17H17FN4OS2/c18-13-5-3-12(4-6-13)7-9-19-15(23)8-10-22-16(20-21-17(22)24)14-2-1-11-25-14/h1-6,11H,7-10H2,(H,19,23)(H,21,24). The number of carbonyl (C=O) groups excluding carboxylic acids is 1. The lowest BCUT2D eigenvalue weighted by molar-refractivity contribution is -0.121. The van der Waals surface area contributed by atoms with Crippen LogP contribution in [0.1, 0.15) is 12.0 Å². The number of hydrogen-bond donors (Lipinski definition) is 2. The molecule has 0 saturated heterocycles. The summed E-state index contributed by atoms with van der Waals surface area (Å²) in [6.07, 6.45) is 0.979. The number of thiophene rings is 1. The Hall–Kier alpha value is -2.32. The van der Waals surface area contributed by atoms with Gasteiger partial charge in [0, 0.05) is 19.5 Å². The monoisotopic (exact) mass is 376 g/mol. The summed E-state index contributed by atoms with van der Waals surface area (Å²) in [5, 5.41) is 11.9. The van der Waals surface area contributed by atoms with Crippen molar-refractivity contribution in [1.82, 2.24) is 20.1 Å². The number of aromatic amines is 1. The number of nitrogens with one attached hydrogen (secondary N) is 2. The highest BCUT2D eigenvalue weighted by molar-refractivity contribution is 7.71. The first-order valence-corrected chi connectivity index (χ1v) is 9.12. The molecule has 1 amide bonds. The molecule has 3 aromatic rings. The van der Waals surface area contributed by atoms with Crippen LogP contribution < -0.4 is 5.32 Å². The van der Waals surface area contributed by atoms with Crippen molar-refractivity contribution >= 4 is 29.5 Å². The van der Waals surface area contributed by atoms with Crippen molar-refractivity contribution in [2.75, 3.05) is 6.54 Å². The average Bonchev–Trinajstić information content (AvgIpc) is 3.24. The van der Waals surface area contributed by atoms with Gasteiger partial charge in [-0.1, -0.05) is 18.2 Å². The number of halogens is 1. The molecule has 0 spiro atoms. The van der Waals surface area contributed by atoms with E-state index >= 15 is 0 Å². The van der Waals surface area contributed by atoms with Crippen LogP contribution in [0.4, 0.5) is 4.39 Å². The molecule has 0 fully saturated rings. The Balaban J connectivity index is 1.50. The molecule has 0 radical (unpaired) electrons. The molecule has 130 valence electrons. The van der Waals surface area contributed by atoms with Gasteiger partial charge in [0.15, 0.2) is 10.6 Å². The number of aromatic nitrogens is 3. The molecule has 8 heteroatoms. The summed E-state index contributed by atoms with van der Waals surface area (Å²) >= 11 is 6.82. The average molecular weight is 376 g/mol. The Labute approximate surface area is 153 Å². The number of H-pyrrole nitrogens is 1. The minimum atomic E-state index is -0.258. The SMILES string of the molecule is O=C(CCn1c(-c2cccs2)n[nH]c1=S)NCCc1ccc(F)cc1. The fourth-order valence-electron chi connectivity index (χ4n) is 2.42. The van der Waals surface area contributed by atoms with Crippen molar-refractivity contribution in [1.29, 1.82) is 0 Å². The van der Waals surface area contributed by atoms with Gasteiger partial charge in [0.05, 0.1) is 4.88 Å². The molecule has 0 aliphatic rings. The maximum atomic E-state index is 12.9. The van der Waals surface area contributed by atoms with Crippen LogP contribution in [0, 0.1) is 10.6 Å². The normalized spacial score (nSPS) is 10.8. The van der Waals surface area contributed by atoms with Crippen LogP contribution in [0.5, 0.6) is 0 Å². The van der Waals surface area contributed by atoms with E-state index in [9.17, 15) is 9.18 Å². The summed E-state index contributed by atoms with van der Waals surface area (Å²) in [5.74, 6) is 0.438. The van der Waals surface area contributed by atoms with E-state index < -0.39 is 0 Å². The summed E-state index contributed by atoms with van der Waals surface area (Å²) in [7, 11) is 0. The maximum absolute atomic E-state index is 12.9. The third kappa shape index (κ3) is 4.61. The second kappa shape index (κ2) is 8.17. The summed E-state index contributed by atoms with van der Waals surface area (Å²) in [4.78, 5) is 13.0. The Morgan fingerprint density at radius 2 is 2.12 bits per heavy atom. The van der Waals surface area contributed by atoms with Crippen molar-refractivity contribution in [3.8, 4) is 10.7 Å². The number of nitrogens with zero attached hydrogens (tertiary/aromatic N) is 2. The maximum Gasteiger partial charge on any atom is 0.221 e. The molecule has 2 aromatic heterocycles. The Morgan fingerprint density at radius 1 is 1.32 bits per heavy atom. The summed E-state index contributed by atoms with van der Waals surface area (Å²) in [6, 6.07) is 10.2. The molecule has 0 bridgehead atoms. The lowest BCUT2D eigenvalue weighted by atomic mass is 10.1. The van der Waals surface area contributed by atoms with Crippen LogP contribution in [0.25, 0.3) is 10.7 Å². The van der Waals surface area contributed by atoms with Crippen LogP contribution in [-0.4, -0.2) is 27.2 Å². The largest absolute Gasteiger partial charge is 0.356 e. The molecule has 0 unspecified atom stereocenters. The molecule has 1 aromatic carbocycles. The molecule has 2 heterocycles. The van der Waals surface area contributed by atoms with E-state index in [1.165, 1.54) is 12.1 Å². The first-order chi connectivity index (χ1) is 12.1. The first-order valence-electron chi connectivity index (χ1n) is 7.84. The summed E-state index contributed by atoms with van der Waals surface area (Å²) in [6.45, 7) is 0.976. The third-order valence-electron chi connectivity index (χ3n) is 3.71. The zero-order valence-corrected chi connectivity index (χ0v) is 15.0. The van der Waals surface area contributed by atoms with Gasteiger partial charge in [0.25, 0.3) is 0 Å². The van der Waals surface area contributed by atoms with Crippen molar-refractivity contribution in [2.24, 2.45) is 0 Å². The molecule has 0 aliphatic heterocycles. The van der Waals surface area contributed by atoms with Crippen molar-refractivity contribution in [3.05, 3.63) is 57.9 Å². The van der Waals surface area contributed by atoms with Gasteiger partial charge in [-0.25, -0.2) is 4.39 Å². The van der Waals surface area contributed by atoms with Crippen LogP contribution >= 0.6 is 23.6 Å². The van der Waals surface area contributed by atoms with E-state index in [4.69, 9.17) is 12.2 Å². The smallest absolute Gasteiger partial charge is 0.221 e. The van der Waals surface area contributed by atoms with E-state index in [2.05, 4.69) is 15.5 Å². The number of carbonyl (C=O) groups is 1. The summed E-state index contributed by atoms with van der Waals surface area (Å²) < 4.78 is 15.2. The Bertz CT molecular complexity index is 884. The van der Waals surface area contributed by atoms with Crippen molar-refractivity contribution in [3.63, 3.8) is 0 Å². The highest BCUT2D eigenvalue weighted by Crippen LogP contribution is 2.22. The van der Waals surface area contributed by atoms with Crippen molar-refractivity contribution in [2.45, 2.75) is 19.4 Å². The summed E-state index contributed by atoms with van der Waals surface area (Å²) in [5.41, 5.74) is 0.985. The van der Waals surface area contributed by atoms with Gasteiger partial charge >= 0.3 is 0 Å². The van der Waals surface area contributed by atoms with Gasteiger partial charge in [0.1, 0.15) is 5.82 Å². The predicted octanol–water partition coefficient (Wildman–Crippen LogP) is 3.56. The molecule has 25 heavy (non-hydrogen) atoms. The fourth-order valence-corrected chi connectivity index (χ4v) is 3.36. The molecule has 0 aliphatic carbocycles. The van der Waals surface area contributed by atoms with Gasteiger partial charge in [-0.3, -0.25) is 14.5 Å². The van der Waals surface area contributed by atoms with Gasteiger partial charge in [-0.15, -0.1) is 11.3 Å². The number of amides is 1. The lowest BCUT2D eigenvalue weighted by Gasteiger charge is -2.07. The fraction of sp³-hybridized carbons (Fsp3) is 0.235. The van der Waals surface area contributed by atoms with Gasteiger partial charge in [0.2, 0.25) is 5.91 Å². The Morgan fingerprint density at radius 3 is 2.84 bits per heavy atom. The van der Waals surface area contributed by atoms with Crippen LogP contribution in [0.15, 0.2) is 41.8 Å². The highest BCUT2D eigenvalue weighted by atomic mass is 32.1. The third-order valence-corrected chi connectivity index (χ3v) is 4.89. The van der Waals surface area contributed by atoms with E-state index in [1.54, 1.807) is 23.5 Å². The molecule has 5 nitrogen and oxygen atoms in total. The van der Waals surface area contributed by atoms with E-state index in [-0.39, 0.29) is 11.7 Å². The minimum absolute atomic E-state index is 0.0534. The second-order valence-corrected chi connectivity index (χ2v) is 6.79. The van der Waals surface area contributed by atoms with Crippen LogP contribution in [-0.2, 0) is 17.8 Å². The second-order valence-electron chi connectivity index (χ2n) is 5.46. The predicted molar refractivity (Wildman–Crippen MR) is 98.5 cm³/mol. The lowest BCUT2D eigenvalue weighted by Crippen LogP contribution is -2.26. The van der Waals surface area contributed by atoms with Crippen LogP contribution in [0.3, 0.4) is 0 Å². The zero-order chi connectivity index (χ0) is 17.6. The minimum Gasteiger partial charge on any atom is -0.356 e. The highest BCUT2D eigenvalue weighted by Gasteiger charge is 2.11. The van der Waals surface area contributed by atoms with E-state index in [1.807, 2.05) is 22.1 Å². The molecule has 2 N–H and O–H groups in total. The molecular weight excluding hydrogens is 359 g/mol. The number of benzene rings is 1. The van der Waals surface area contributed by atoms with Crippen molar-refractivity contribution < 1.29 is 9.18 Å². The molecule has 0 saturated carbocycles. The molecule has 3 rings (SSSR count). The molecular formula is C17H17FN4OS2. The zero-order valence-electron chi connectivity index (χ0n) is 13.4.